The Morgan fingerprint density at radius 3 is 2.89 bits per heavy atom. The molecule has 1 aromatic heterocycles. The summed E-state index contributed by atoms with van der Waals surface area (Å²) in [5.41, 5.74) is 5.35. The molecule has 0 saturated heterocycles. The highest BCUT2D eigenvalue weighted by atomic mass is 16.1. The minimum Gasteiger partial charge on any atom is -0.326 e. The molecule has 2 aromatic rings. The second-order valence-corrected chi connectivity index (χ2v) is 4.41. The van der Waals surface area contributed by atoms with Gasteiger partial charge in [-0.15, -0.1) is 0 Å². The molecule has 1 aromatic carbocycles. The van der Waals surface area contributed by atoms with Gasteiger partial charge in [0.15, 0.2) is 0 Å². The third kappa shape index (κ3) is 1.68. The lowest BCUT2D eigenvalue weighted by molar-refractivity contribution is -0.115. The Bertz CT molecular complexity index is 620. The zero-order valence-electron chi connectivity index (χ0n) is 10.2. The number of carbonyl (C=O) groups excluding carboxylic acids is 1. The van der Waals surface area contributed by atoms with Crippen LogP contribution in [0.5, 0.6) is 0 Å². The number of benzene rings is 1. The largest absolute Gasteiger partial charge is 0.326 e. The summed E-state index contributed by atoms with van der Waals surface area (Å²) in [6.45, 7) is 2.10. The van der Waals surface area contributed by atoms with Gasteiger partial charge in [-0.05, 0) is 29.7 Å². The zero-order chi connectivity index (χ0) is 12.5. The molecule has 0 saturated carbocycles. The third-order valence-corrected chi connectivity index (χ3v) is 3.30. The average Bonchev–Trinajstić information content (AvgIpc) is 2.78. The van der Waals surface area contributed by atoms with Crippen LogP contribution in [0.3, 0.4) is 0 Å². The number of aryl methyl sites for hydroxylation is 1. The van der Waals surface area contributed by atoms with E-state index in [9.17, 15) is 4.79 Å². The van der Waals surface area contributed by atoms with Crippen molar-refractivity contribution in [3.63, 3.8) is 0 Å². The highest BCUT2D eigenvalue weighted by molar-refractivity contribution is 6.01. The first-order valence-electron chi connectivity index (χ1n) is 6.15. The Morgan fingerprint density at radius 1 is 1.22 bits per heavy atom. The van der Waals surface area contributed by atoms with Gasteiger partial charge in [0.1, 0.15) is 0 Å². The van der Waals surface area contributed by atoms with Gasteiger partial charge in [0.25, 0.3) is 0 Å². The van der Waals surface area contributed by atoms with E-state index in [1.807, 2.05) is 24.4 Å². The number of pyridine rings is 1. The van der Waals surface area contributed by atoms with E-state index in [4.69, 9.17) is 0 Å². The minimum absolute atomic E-state index is 0.0689. The number of rotatable bonds is 2. The molecule has 0 radical (unpaired) electrons. The van der Waals surface area contributed by atoms with Gasteiger partial charge in [0.2, 0.25) is 5.91 Å². The van der Waals surface area contributed by atoms with E-state index in [0.29, 0.717) is 6.42 Å². The molecule has 0 atom stereocenters. The van der Waals surface area contributed by atoms with Crippen molar-refractivity contribution in [2.45, 2.75) is 19.8 Å². The number of hydrogen-bond acceptors (Lipinski definition) is 2. The lowest BCUT2D eigenvalue weighted by Crippen LogP contribution is -2.03. The second kappa shape index (κ2) is 4.26. The predicted molar refractivity (Wildman–Crippen MR) is 71.4 cm³/mol. The lowest BCUT2D eigenvalue weighted by Gasteiger charge is -2.10. The van der Waals surface area contributed by atoms with Crippen LogP contribution < -0.4 is 5.32 Å². The molecule has 1 amide bonds. The van der Waals surface area contributed by atoms with Crippen molar-refractivity contribution in [2.24, 2.45) is 0 Å². The zero-order valence-corrected chi connectivity index (χ0v) is 10.2. The van der Waals surface area contributed by atoms with E-state index < -0.39 is 0 Å². The van der Waals surface area contributed by atoms with Crippen LogP contribution in [-0.4, -0.2) is 10.9 Å². The summed E-state index contributed by atoms with van der Waals surface area (Å²) < 4.78 is 0. The van der Waals surface area contributed by atoms with Crippen molar-refractivity contribution in [1.82, 2.24) is 4.98 Å². The summed E-state index contributed by atoms with van der Waals surface area (Å²) in [5.74, 6) is 0.0689. The van der Waals surface area contributed by atoms with Gasteiger partial charge in [-0.2, -0.15) is 0 Å². The highest BCUT2D eigenvalue weighted by Crippen LogP contribution is 2.34. The molecule has 2 heterocycles. The first-order chi connectivity index (χ1) is 8.79. The maximum atomic E-state index is 11.5. The van der Waals surface area contributed by atoms with Crippen LogP contribution in [0.2, 0.25) is 0 Å². The molecule has 0 bridgehead atoms. The number of carbonyl (C=O) groups is 1. The number of fused-ring (bicyclic) bond motifs is 1. The quantitative estimate of drug-likeness (QED) is 0.874. The minimum atomic E-state index is 0.0689. The second-order valence-electron chi connectivity index (χ2n) is 4.41. The number of amides is 1. The van der Waals surface area contributed by atoms with E-state index in [-0.39, 0.29) is 5.91 Å². The van der Waals surface area contributed by atoms with Crippen molar-refractivity contribution >= 4 is 11.6 Å². The molecule has 0 aliphatic carbocycles. The van der Waals surface area contributed by atoms with Crippen LogP contribution in [-0.2, 0) is 17.6 Å². The van der Waals surface area contributed by atoms with E-state index >= 15 is 0 Å². The third-order valence-electron chi connectivity index (χ3n) is 3.30. The maximum Gasteiger partial charge on any atom is 0.228 e. The number of hydrogen-bond donors (Lipinski definition) is 1. The molecule has 0 fully saturated rings. The molecular formula is C15H14N2O. The number of aromatic nitrogens is 1. The van der Waals surface area contributed by atoms with Crippen LogP contribution in [0, 0.1) is 0 Å². The first-order valence-corrected chi connectivity index (χ1v) is 6.15. The summed E-state index contributed by atoms with van der Waals surface area (Å²) in [7, 11) is 0. The Morgan fingerprint density at radius 2 is 2.06 bits per heavy atom. The van der Waals surface area contributed by atoms with Crippen molar-refractivity contribution in [1.29, 1.82) is 0 Å². The Kier molecular flexibility index (Phi) is 2.59. The van der Waals surface area contributed by atoms with Crippen LogP contribution in [0.4, 0.5) is 5.69 Å². The molecule has 3 heteroatoms. The van der Waals surface area contributed by atoms with Gasteiger partial charge in [-0.1, -0.05) is 25.1 Å². The van der Waals surface area contributed by atoms with E-state index in [0.717, 1.165) is 34.5 Å². The molecule has 3 nitrogen and oxygen atoms in total. The van der Waals surface area contributed by atoms with Gasteiger partial charge in [-0.3, -0.25) is 9.78 Å². The van der Waals surface area contributed by atoms with Gasteiger partial charge >= 0.3 is 0 Å². The molecule has 3 rings (SSSR count). The molecular weight excluding hydrogens is 224 g/mol. The van der Waals surface area contributed by atoms with Crippen molar-refractivity contribution in [3.05, 3.63) is 47.8 Å². The fourth-order valence-electron chi connectivity index (χ4n) is 2.47. The fourth-order valence-corrected chi connectivity index (χ4v) is 2.47. The number of nitrogens with zero attached hydrogens (tertiary/aromatic N) is 1. The van der Waals surface area contributed by atoms with E-state index in [1.165, 1.54) is 0 Å². The summed E-state index contributed by atoms with van der Waals surface area (Å²) in [4.78, 5) is 15.9. The molecule has 1 aliphatic rings. The van der Waals surface area contributed by atoms with Crippen LogP contribution >= 0.6 is 0 Å². The highest BCUT2D eigenvalue weighted by Gasteiger charge is 2.21. The van der Waals surface area contributed by atoms with Crippen LogP contribution in [0.25, 0.3) is 11.1 Å². The molecule has 18 heavy (non-hydrogen) atoms. The maximum absolute atomic E-state index is 11.5. The van der Waals surface area contributed by atoms with Crippen LogP contribution in [0.15, 0.2) is 36.5 Å². The average molecular weight is 238 g/mol. The topological polar surface area (TPSA) is 42.0 Å². The van der Waals surface area contributed by atoms with E-state index in [2.05, 4.69) is 29.4 Å². The summed E-state index contributed by atoms with van der Waals surface area (Å²) in [5, 5.41) is 2.89. The number of anilines is 1. The lowest BCUT2D eigenvalue weighted by atomic mass is 9.96. The van der Waals surface area contributed by atoms with Gasteiger partial charge in [0.05, 0.1) is 6.42 Å². The molecule has 1 N–H and O–H groups in total. The normalized spacial score (nSPS) is 13.3. The van der Waals surface area contributed by atoms with Gasteiger partial charge in [0, 0.05) is 23.1 Å². The Balaban J connectivity index is 2.19. The predicted octanol–water partition coefficient (Wildman–Crippen LogP) is 2.81. The standard InChI is InChI=1S/C15H14N2O/c1-2-13-11(6-4-8-16-13)10-5-3-7-14-12(10)9-15(18)17-14/h3-8H,2,9H2,1H3,(H,17,18). The fraction of sp³-hybridized carbons (Fsp3) is 0.200. The summed E-state index contributed by atoms with van der Waals surface area (Å²) in [6, 6.07) is 10.0. The van der Waals surface area contributed by atoms with Gasteiger partial charge in [-0.25, -0.2) is 0 Å². The Hall–Kier alpha value is -2.16. The summed E-state index contributed by atoms with van der Waals surface area (Å²) >= 11 is 0. The van der Waals surface area contributed by atoms with E-state index in [1.54, 1.807) is 0 Å². The SMILES string of the molecule is CCc1ncccc1-c1cccc2c1CC(=O)N2. The van der Waals surface area contributed by atoms with Crippen molar-refractivity contribution in [2.75, 3.05) is 5.32 Å². The molecule has 0 unspecified atom stereocenters. The Labute approximate surface area is 106 Å². The smallest absolute Gasteiger partial charge is 0.228 e. The monoisotopic (exact) mass is 238 g/mol. The first kappa shape index (κ1) is 11.0. The van der Waals surface area contributed by atoms with Crippen molar-refractivity contribution in [3.8, 4) is 11.1 Å². The summed E-state index contributed by atoms with van der Waals surface area (Å²) in [6.07, 6.45) is 3.17. The van der Waals surface area contributed by atoms with Crippen molar-refractivity contribution < 1.29 is 4.79 Å². The molecule has 1 aliphatic heterocycles. The van der Waals surface area contributed by atoms with Gasteiger partial charge < -0.3 is 5.32 Å². The van der Waals surface area contributed by atoms with Crippen LogP contribution in [0.1, 0.15) is 18.2 Å². The number of nitrogens with one attached hydrogen (secondary N) is 1. The molecule has 90 valence electrons. The molecule has 0 spiro atoms.